The minimum absolute atomic E-state index is 0.130. The van der Waals surface area contributed by atoms with Crippen molar-refractivity contribution in [3.05, 3.63) is 45.2 Å². The molecule has 4 fully saturated rings. The third kappa shape index (κ3) is 20.3. The molecule has 0 spiro atoms. The number of carbonyl (C=O) groups excluding carboxylic acids is 13. The number of aliphatic hydroxyl groups excluding tert-OH is 1. The number of carbonyl (C=O) groups is 13. The highest BCUT2D eigenvalue weighted by molar-refractivity contribution is 5.97. The van der Waals surface area contributed by atoms with E-state index in [1.165, 1.54) is 24.3 Å². The van der Waals surface area contributed by atoms with Crippen LogP contribution in [-0.4, -0.2) is 218 Å². The normalized spacial score (nSPS) is 30.8. The van der Waals surface area contributed by atoms with Crippen molar-refractivity contribution < 1.29 is 148 Å². The topological polar surface area (TPSA) is 521 Å². The van der Waals surface area contributed by atoms with Gasteiger partial charge in [-0.1, -0.05) is 10.2 Å². The maximum absolute atomic E-state index is 14.5. The number of ether oxygens (including phenoxy) is 17. The van der Waals surface area contributed by atoms with Gasteiger partial charge < -0.3 is 96.3 Å². The predicted molar refractivity (Wildman–Crippen MR) is 286 cm³/mol. The summed E-state index contributed by atoms with van der Waals surface area (Å²) in [5.41, 5.74) is 18.9. The summed E-state index contributed by atoms with van der Waals surface area (Å²) >= 11 is 0. The molecule has 4 aliphatic heterocycles. The lowest BCUT2D eigenvalue weighted by atomic mass is 9.95. The van der Waals surface area contributed by atoms with Crippen molar-refractivity contribution in [3.63, 3.8) is 0 Å². The molecule has 2 amide bonds. The molecule has 39 nitrogen and oxygen atoms in total. The molecule has 0 aliphatic carbocycles. The second-order valence-corrected chi connectivity index (χ2v) is 19.9. The Labute approximate surface area is 513 Å². The fraction of sp³-hybridized carbons (Fsp3) is 0.635. The van der Waals surface area contributed by atoms with Crippen molar-refractivity contribution in [3.8, 4) is 0 Å². The van der Waals surface area contributed by atoms with E-state index < -0.39 is 213 Å². The Hall–Kier alpha value is -9.33. The lowest BCUT2D eigenvalue weighted by Crippen LogP contribution is -2.67. The van der Waals surface area contributed by atoms with Crippen molar-refractivity contribution in [1.82, 2.24) is 0 Å². The van der Waals surface area contributed by atoms with Gasteiger partial charge in [0, 0.05) is 97.4 Å². The van der Waals surface area contributed by atoms with E-state index >= 15 is 0 Å². The van der Waals surface area contributed by atoms with Crippen LogP contribution in [0.5, 0.6) is 0 Å². The van der Waals surface area contributed by atoms with Gasteiger partial charge in [0.15, 0.2) is 92.2 Å². The highest BCUT2D eigenvalue weighted by Crippen LogP contribution is 2.38. The third-order valence-corrected chi connectivity index (χ3v) is 12.7. The molecule has 5 rings (SSSR count). The number of nitrogens with one attached hydrogen (secondary N) is 2. The third-order valence-electron chi connectivity index (χ3n) is 12.7. The van der Waals surface area contributed by atoms with Crippen molar-refractivity contribution in [2.45, 2.75) is 199 Å². The molecule has 0 saturated carbocycles. The zero-order valence-electron chi connectivity index (χ0n) is 50.1. The van der Waals surface area contributed by atoms with Crippen LogP contribution in [0.3, 0.4) is 0 Å². The van der Waals surface area contributed by atoms with Crippen molar-refractivity contribution >= 4 is 88.9 Å². The Bertz CT molecular complexity index is 3010. The monoisotopic (exact) mass is 1300 g/mol. The van der Waals surface area contributed by atoms with Crippen molar-refractivity contribution in [1.29, 1.82) is 0 Å². The van der Waals surface area contributed by atoms with E-state index in [1.54, 1.807) is 0 Å². The van der Waals surface area contributed by atoms with Crippen LogP contribution in [0.1, 0.15) is 76.2 Å². The average Bonchev–Trinajstić information content (AvgIpc) is 0.780. The van der Waals surface area contributed by atoms with Crippen LogP contribution < -0.4 is 10.6 Å². The summed E-state index contributed by atoms with van der Waals surface area (Å²) < 4.78 is 95.3. The zero-order valence-corrected chi connectivity index (χ0v) is 50.1. The SMILES string of the molecule is CC(=O)OC[C@H]1O[C@H](O[C@@H]2[C@@H](OC(C)=O)[C@H](N=[N+]=[N-])O[C@H](C(=O)Nc3ccc(NC(=O)[C@H]4O[C@@H](N=[N+]=[N-])[C@H](O)[C@@H](O[C@H]5O[C@H](COC(C)=O)[C@@H](OC(C)=O)[C@H](OC(C)=O)[C@@H]5OC(C)=O)[C@@H]4OC(C)=O)cc3)[C@H]2OC(C)=O)[C@@H](OC(C)=O)[C@@H](OC(C)=O)[C@@H]1OC(C)=O. The number of aliphatic hydroxyl groups is 1. The van der Waals surface area contributed by atoms with E-state index in [2.05, 4.69) is 30.7 Å². The number of azide groups is 2. The van der Waals surface area contributed by atoms with Gasteiger partial charge in [-0.2, -0.15) is 0 Å². The van der Waals surface area contributed by atoms with Crippen molar-refractivity contribution in [2.24, 2.45) is 10.2 Å². The first kappa shape index (κ1) is 72.4. The molecule has 4 heterocycles. The van der Waals surface area contributed by atoms with Crippen LogP contribution >= 0.6 is 0 Å². The molecular weight excluding hydrogens is 1230 g/mol. The quantitative estimate of drug-likeness (QED) is 0.0417. The first-order valence-electron chi connectivity index (χ1n) is 27.0. The highest BCUT2D eigenvalue weighted by atomic mass is 16.8. The molecule has 4 aliphatic rings. The van der Waals surface area contributed by atoms with Crippen LogP contribution in [0.4, 0.5) is 11.4 Å². The second kappa shape index (κ2) is 32.9. The lowest BCUT2D eigenvalue weighted by molar-refractivity contribution is -0.341. The predicted octanol–water partition coefficient (Wildman–Crippen LogP) is -0.273. The number of hydrogen-bond acceptors (Lipinski definition) is 33. The molecule has 498 valence electrons. The molecule has 1 aromatic rings. The van der Waals surface area contributed by atoms with Crippen LogP contribution in [0.15, 0.2) is 34.5 Å². The average molecular weight is 1300 g/mol. The summed E-state index contributed by atoms with van der Waals surface area (Å²) in [4.78, 5) is 172. The largest absolute Gasteiger partial charge is 0.463 e. The first-order chi connectivity index (χ1) is 42.8. The molecule has 91 heavy (non-hydrogen) atoms. The smallest absolute Gasteiger partial charge is 0.303 e. The lowest BCUT2D eigenvalue weighted by Gasteiger charge is -2.48. The van der Waals surface area contributed by atoms with Crippen LogP contribution in [0.2, 0.25) is 0 Å². The van der Waals surface area contributed by atoms with E-state index in [9.17, 15) is 78.5 Å². The van der Waals surface area contributed by atoms with Gasteiger partial charge in [-0.15, -0.1) is 0 Å². The van der Waals surface area contributed by atoms with Crippen LogP contribution in [-0.2, 0) is 143 Å². The number of benzene rings is 1. The standard InChI is InChI=1S/C52H64N8O31/c1-18(61)75-16-31-34(77-20(3)63)37(79-22(5)65)45(84-27(10)70)51(86-31)90-36-33(72)49(57-59-53)88-42(39(36)81-24(7)67)47(73)55-29-12-14-30(15-13-29)56-48(74)43-40(82-25(8)68)41(44(83-26(9)69)50(89-43)58-60-54)91-52-46(85-28(11)71)38(80-23(6)66)35(78-21(4)64)32(87-52)17-76-19(2)62/h12-15,31-46,49-52,72H,16-17H2,1-11H3,(H,55,73)(H,56,74)/t31-,32-,33-,34-,35-,36-,37+,38+,39+,40+,41+,42+,43+,44-,45+,46+,49-,50-,51-,52-/m1/s1. The van der Waals surface area contributed by atoms with Gasteiger partial charge in [0.05, 0.1) is 0 Å². The molecule has 0 aromatic heterocycles. The van der Waals surface area contributed by atoms with Gasteiger partial charge in [-0.25, -0.2) is 0 Å². The molecule has 39 heteroatoms. The number of nitrogens with zero attached hydrogens (tertiary/aromatic N) is 6. The highest BCUT2D eigenvalue weighted by Gasteiger charge is 2.60. The molecular formula is C52H64N8O31. The Balaban J connectivity index is 1.50. The van der Waals surface area contributed by atoms with Gasteiger partial charge in [-0.05, 0) is 35.3 Å². The summed E-state index contributed by atoms with van der Waals surface area (Å²) in [6.07, 6.45) is -39.1. The fourth-order valence-corrected chi connectivity index (χ4v) is 9.62. The maximum atomic E-state index is 14.5. The second-order valence-electron chi connectivity index (χ2n) is 19.9. The molecule has 0 radical (unpaired) electrons. The molecule has 0 bridgehead atoms. The molecule has 3 N–H and O–H groups in total. The van der Waals surface area contributed by atoms with E-state index in [1.807, 2.05) is 0 Å². The number of hydrogen-bond donors (Lipinski definition) is 3. The van der Waals surface area contributed by atoms with Gasteiger partial charge in [0.1, 0.15) is 43.7 Å². The Morgan fingerprint density at radius 3 is 1.04 bits per heavy atom. The van der Waals surface area contributed by atoms with E-state index in [-0.39, 0.29) is 11.4 Å². The van der Waals surface area contributed by atoms with Gasteiger partial charge in [0.25, 0.3) is 11.8 Å². The minimum Gasteiger partial charge on any atom is -0.463 e. The molecule has 4 saturated heterocycles. The van der Waals surface area contributed by atoms with Crippen LogP contribution in [0.25, 0.3) is 20.9 Å². The maximum Gasteiger partial charge on any atom is 0.303 e. The summed E-state index contributed by atoms with van der Waals surface area (Å²) in [7, 11) is 0. The first-order valence-corrected chi connectivity index (χ1v) is 27.0. The minimum atomic E-state index is -2.19. The fourth-order valence-electron chi connectivity index (χ4n) is 9.62. The Morgan fingerprint density at radius 2 is 0.692 bits per heavy atom. The number of rotatable bonds is 23. The van der Waals surface area contributed by atoms with E-state index in [0.717, 1.165) is 76.2 Å². The number of amides is 2. The van der Waals surface area contributed by atoms with Gasteiger partial charge >= 0.3 is 65.7 Å². The van der Waals surface area contributed by atoms with Crippen LogP contribution in [0, 0.1) is 0 Å². The number of esters is 11. The van der Waals surface area contributed by atoms with Crippen molar-refractivity contribution in [2.75, 3.05) is 23.8 Å². The summed E-state index contributed by atoms with van der Waals surface area (Å²) in [6, 6.07) is 4.68. The van der Waals surface area contributed by atoms with Gasteiger partial charge in [-0.3, -0.25) is 62.3 Å². The summed E-state index contributed by atoms with van der Waals surface area (Å²) in [6.45, 7) is 8.87. The summed E-state index contributed by atoms with van der Waals surface area (Å²) in [5, 5.41) is 23.5. The summed E-state index contributed by atoms with van der Waals surface area (Å²) in [5.74, 6) is -13.7. The molecule has 1 aromatic carbocycles. The van der Waals surface area contributed by atoms with Gasteiger partial charge in [0.2, 0.25) is 0 Å². The Kier molecular flexibility index (Phi) is 26.2. The number of anilines is 2. The molecule has 0 unspecified atom stereocenters. The van der Waals surface area contributed by atoms with E-state index in [0.29, 0.717) is 0 Å². The zero-order chi connectivity index (χ0) is 67.7. The van der Waals surface area contributed by atoms with E-state index in [4.69, 9.17) is 80.5 Å². The molecule has 20 atom stereocenters. The Morgan fingerprint density at radius 1 is 0.396 bits per heavy atom.